The number of carbonyl (C=O) groups is 1. The number of hydrogen-bond acceptors (Lipinski definition) is 4. The van der Waals surface area contributed by atoms with Crippen LogP contribution < -0.4 is 9.64 Å². The van der Waals surface area contributed by atoms with Crippen molar-refractivity contribution in [3.63, 3.8) is 0 Å². The van der Waals surface area contributed by atoms with Crippen molar-refractivity contribution >= 4 is 11.8 Å². The van der Waals surface area contributed by atoms with E-state index in [1.807, 2.05) is 64.1 Å². The number of benzene rings is 1. The molecule has 1 aromatic heterocycles. The number of carbonyl (C=O) groups excluding carboxylic acids is 1. The number of ether oxygens (including phenoxy) is 2. The summed E-state index contributed by atoms with van der Waals surface area (Å²) in [6.45, 7) is 7.85. The normalized spacial score (nSPS) is 17.0. The molecule has 126 valence electrons. The van der Waals surface area contributed by atoms with Gasteiger partial charge in [-0.25, -0.2) is 9.78 Å². The predicted octanol–water partition coefficient (Wildman–Crippen LogP) is 4.27. The highest BCUT2D eigenvalue weighted by Gasteiger charge is 2.37. The Morgan fingerprint density at radius 3 is 2.67 bits per heavy atom. The minimum atomic E-state index is -0.575. The number of amides is 1. The number of anilines is 1. The molecule has 1 amide bonds. The summed E-state index contributed by atoms with van der Waals surface area (Å²) in [5.74, 6) is 0.457. The third-order valence-electron chi connectivity index (χ3n) is 3.69. The Morgan fingerprint density at radius 1 is 1.29 bits per heavy atom. The summed E-state index contributed by atoms with van der Waals surface area (Å²) >= 11 is 0. The zero-order valence-corrected chi connectivity index (χ0v) is 14.4. The van der Waals surface area contributed by atoms with Crippen LogP contribution in [0.2, 0.25) is 0 Å². The van der Waals surface area contributed by atoms with Crippen molar-refractivity contribution in [2.24, 2.45) is 0 Å². The van der Waals surface area contributed by atoms with Gasteiger partial charge in [-0.05, 0) is 44.9 Å². The molecule has 2 heterocycles. The van der Waals surface area contributed by atoms with E-state index in [4.69, 9.17) is 9.47 Å². The SMILES string of the molecule is Cc1cnc2c(c1)N(C(=O)OC(C)(C)C)[C@H](c1ccccc1)CO2. The summed E-state index contributed by atoms with van der Waals surface area (Å²) < 4.78 is 11.4. The molecule has 0 bridgehead atoms. The summed E-state index contributed by atoms with van der Waals surface area (Å²) in [5.41, 5.74) is 2.02. The molecular formula is C19H22N2O3. The molecule has 0 spiro atoms. The van der Waals surface area contributed by atoms with Crippen LogP contribution in [0.3, 0.4) is 0 Å². The number of hydrogen-bond donors (Lipinski definition) is 0. The summed E-state index contributed by atoms with van der Waals surface area (Å²) in [6, 6.07) is 11.5. The molecule has 24 heavy (non-hydrogen) atoms. The number of aryl methyl sites for hydroxylation is 1. The van der Waals surface area contributed by atoms with Gasteiger partial charge in [0.1, 0.15) is 17.9 Å². The van der Waals surface area contributed by atoms with Crippen LogP contribution in [0.15, 0.2) is 42.6 Å². The fourth-order valence-corrected chi connectivity index (χ4v) is 2.68. The van der Waals surface area contributed by atoms with Crippen LogP contribution in [0, 0.1) is 6.92 Å². The van der Waals surface area contributed by atoms with E-state index in [9.17, 15) is 4.79 Å². The first-order valence-electron chi connectivity index (χ1n) is 8.02. The second-order valence-electron chi connectivity index (χ2n) is 6.92. The van der Waals surface area contributed by atoms with E-state index in [0.29, 0.717) is 18.2 Å². The van der Waals surface area contributed by atoms with Gasteiger partial charge in [0.2, 0.25) is 5.88 Å². The van der Waals surface area contributed by atoms with Gasteiger partial charge in [0.25, 0.3) is 0 Å². The van der Waals surface area contributed by atoms with E-state index in [2.05, 4.69) is 4.98 Å². The predicted molar refractivity (Wildman–Crippen MR) is 92.4 cm³/mol. The first-order valence-corrected chi connectivity index (χ1v) is 8.02. The lowest BCUT2D eigenvalue weighted by molar-refractivity contribution is 0.0540. The minimum Gasteiger partial charge on any atom is -0.474 e. The second-order valence-corrected chi connectivity index (χ2v) is 6.92. The molecule has 0 fully saturated rings. The van der Waals surface area contributed by atoms with Crippen LogP contribution in [-0.4, -0.2) is 23.3 Å². The standard InChI is InChI=1S/C19H22N2O3/c1-13-10-15-17(20-11-13)23-12-16(14-8-6-5-7-9-14)21(15)18(22)24-19(2,3)4/h5-11,16H,12H2,1-4H3/t16-/m0/s1. The smallest absolute Gasteiger partial charge is 0.415 e. The molecule has 5 nitrogen and oxygen atoms in total. The van der Waals surface area contributed by atoms with Crippen molar-refractivity contribution in [1.29, 1.82) is 0 Å². The lowest BCUT2D eigenvalue weighted by Crippen LogP contribution is -2.44. The summed E-state index contributed by atoms with van der Waals surface area (Å²) in [7, 11) is 0. The molecular weight excluding hydrogens is 304 g/mol. The van der Waals surface area contributed by atoms with Crippen molar-refractivity contribution < 1.29 is 14.3 Å². The van der Waals surface area contributed by atoms with E-state index in [-0.39, 0.29) is 6.04 Å². The van der Waals surface area contributed by atoms with Crippen molar-refractivity contribution in [2.75, 3.05) is 11.5 Å². The van der Waals surface area contributed by atoms with Gasteiger partial charge in [0.05, 0.1) is 6.04 Å². The third-order valence-corrected chi connectivity index (χ3v) is 3.69. The number of fused-ring (bicyclic) bond motifs is 1. The highest BCUT2D eigenvalue weighted by molar-refractivity contribution is 5.91. The average Bonchev–Trinajstić information content (AvgIpc) is 2.52. The van der Waals surface area contributed by atoms with Crippen LogP contribution >= 0.6 is 0 Å². The van der Waals surface area contributed by atoms with Gasteiger partial charge in [-0.3, -0.25) is 4.90 Å². The summed E-state index contributed by atoms with van der Waals surface area (Å²) in [5, 5.41) is 0. The van der Waals surface area contributed by atoms with Gasteiger partial charge >= 0.3 is 6.09 Å². The van der Waals surface area contributed by atoms with Crippen LogP contribution in [0.25, 0.3) is 0 Å². The zero-order valence-electron chi connectivity index (χ0n) is 14.4. The lowest BCUT2D eigenvalue weighted by atomic mass is 10.0. The van der Waals surface area contributed by atoms with Crippen LogP contribution in [-0.2, 0) is 4.74 Å². The molecule has 1 aliphatic heterocycles. The maximum absolute atomic E-state index is 12.9. The summed E-state index contributed by atoms with van der Waals surface area (Å²) in [6.07, 6.45) is 1.34. The number of pyridine rings is 1. The molecule has 5 heteroatoms. The second kappa shape index (κ2) is 6.15. The monoisotopic (exact) mass is 326 g/mol. The molecule has 0 aliphatic carbocycles. The van der Waals surface area contributed by atoms with Gasteiger partial charge in [-0.1, -0.05) is 30.3 Å². The Balaban J connectivity index is 2.05. The Morgan fingerprint density at radius 2 is 2.00 bits per heavy atom. The minimum absolute atomic E-state index is 0.253. The molecule has 0 N–H and O–H groups in total. The average molecular weight is 326 g/mol. The van der Waals surface area contributed by atoms with E-state index >= 15 is 0 Å². The number of nitrogens with zero attached hydrogens (tertiary/aromatic N) is 2. The van der Waals surface area contributed by atoms with Gasteiger partial charge in [-0.15, -0.1) is 0 Å². The fourth-order valence-electron chi connectivity index (χ4n) is 2.68. The maximum atomic E-state index is 12.9. The topological polar surface area (TPSA) is 51.7 Å². The van der Waals surface area contributed by atoms with Crippen LogP contribution in [0.1, 0.15) is 37.9 Å². The van der Waals surface area contributed by atoms with E-state index in [0.717, 1.165) is 11.1 Å². The van der Waals surface area contributed by atoms with Gasteiger partial charge < -0.3 is 9.47 Å². The molecule has 0 unspecified atom stereocenters. The first-order chi connectivity index (χ1) is 11.3. The van der Waals surface area contributed by atoms with Gasteiger partial charge in [0, 0.05) is 6.20 Å². The molecule has 1 aliphatic rings. The maximum Gasteiger partial charge on any atom is 0.415 e. The van der Waals surface area contributed by atoms with Crippen molar-refractivity contribution in [2.45, 2.75) is 39.3 Å². The molecule has 3 rings (SSSR count). The van der Waals surface area contributed by atoms with Gasteiger partial charge in [0.15, 0.2) is 0 Å². The third kappa shape index (κ3) is 3.35. The largest absolute Gasteiger partial charge is 0.474 e. The Labute approximate surface area is 142 Å². The Hall–Kier alpha value is -2.56. The number of rotatable bonds is 1. The summed E-state index contributed by atoms with van der Waals surface area (Å²) in [4.78, 5) is 18.8. The van der Waals surface area contributed by atoms with Crippen molar-refractivity contribution in [3.05, 3.63) is 53.7 Å². The van der Waals surface area contributed by atoms with Crippen LogP contribution in [0.5, 0.6) is 5.88 Å². The van der Waals surface area contributed by atoms with Crippen molar-refractivity contribution in [3.8, 4) is 5.88 Å². The van der Waals surface area contributed by atoms with Crippen molar-refractivity contribution in [1.82, 2.24) is 4.98 Å². The molecule has 1 atom stereocenters. The molecule has 0 radical (unpaired) electrons. The first kappa shape index (κ1) is 16.3. The highest BCUT2D eigenvalue weighted by atomic mass is 16.6. The zero-order chi connectivity index (χ0) is 17.3. The quantitative estimate of drug-likeness (QED) is 0.785. The molecule has 2 aromatic rings. The van der Waals surface area contributed by atoms with E-state index in [1.165, 1.54) is 0 Å². The van der Waals surface area contributed by atoms with Gasteiger partial charge in [-0.2, -0.15) is 0 Å². The van der Waals surface area contributed by atoms with E-state index < -0.39 is 11.7 Å². The molecule has 0 saturated carbocycles. The molecule has 1 aromatic carbocycles. The lowest BCUT2D eigenvalue weighted by Gasteiger charge is -2.37. The van der Waals surface area contributed by atoms with E-state index in [1.54, 1.807) is 11.1 Å². The molecule has 0 saturated heterocycles. The fraction of sp³-hybridized carbons (Fsp3) is 0.368. The Bertz CT molecular complexity index is 738. The number of aromatic nitrogens is 1. The van der Waals surface area contributed by atoms with Crippen LogP contribution in [0.4, 0.5) is 10.5 Å². The highest BCUT2D eigenvalue weighted by Crippen LogP contribution is 2.39. The Kier molecular flexibility index (Phi) is 4.18.